The van der Waals surface area contributed by atoms with Crippen molar-refractivity contribution in [1.82, 2.24) is 4.98 Å². The molecule has 3 aromatic rings. The largest absolute Gasteiger partial charge is 0.461 e. The monoisotopic (exact) mass is 318 g/mol. The second-order valence-corrected chi connectivity index (χ2v) is 4.99. The van der Waals surface area contributed by atoms with Crippen molar-refractivity contribution in [3.63, 3.8) is 0 Å². The van der Waals surface area contributed by atoms with Crippen molar-refractivity contribution in [2.45, 2.75) is 6.92 Å². The SMILES string of the molecule is CCOC(=O)c1ncoc1-c1ccccc1-c1ccc(C#N)cc1. The summed E-state index contributed by atoms with van der Waals surface area (Å²) in [6.45, 7) is 2.00. The molecule has 24 heavy (non-hydrogen) atoms. The van der Waals surface area contributed by atoms with Crippen LogP contribution < -0.4 is 0 Å². The van der Waals surface area contributed by atoms with Crippen molar-refractivity contribution in [2.24, 2.45) is 0 Å². The number of carbonyl (C=O) groups excluding carboxylic acids is 1. The maximum absolute atomic E-state index is 12.1. The second-order valence-electron chi connectivity index (χ2n) is 4.99. The van der Waals surface area contributed by atoms with E-state index in [1.165, 1.54) is 6.39 Å². The number of oxazole rings is 1. The predicted molar refractivity (Wildman–Crippen MR) is 88.0 cm³/mol. The van der Waals surface area contributed by atoms with E-state index in [9.17, 15) is 4.79 Å². The van der Waals surface area contributed by atoms with Crippen molar-refractivity contribution in [3.05, 3.63) is 66.2 Å². The van der Waals surface area contributed by atoms with Crippen LogP contribution in [0.25, 0.3) is 22.5 Å². The van der Waals surface area contributed by atoms with Gasteiger partial charge in [-0.3, -0.25) is 0 Å². The van der Waals surface area contributed by atoms with Gasteiger partial charge in [-0.15, -0.1) is 0 Å². The fourth-order valence-electron chi connectivity index (χ4n) is 2.44. The van der Waals surface area contributed by atoms with Gasteiger partial charge in [0.2, 0.25) is 0 Å². The van der Waals surface area contributed by atoms with E-state index in [0.717, 1.165) is 16.7 Å². The summed E-state index contributed by atoms with van der Waals surface area (Å²) in [5, 5.41) is 8.93. The molecule has 3 rings (SSSR count). The molecule has 1 aromatic heterocycles. The van der Waals surface area contributed by atoms with Crippen molar-refractivity contribution in [2.75, 3.05) is 6.61 Å². The Balaban J connectivity index is 2.09. The van der Waals surface area contributed by atoms with Gasteiger partial charge in [-0.05, 0) is 30.2 Å². The minimum Gasteiger partial charge on any atom is -0.461 e. The average Bonchev–Trinajstić information content (AvgIpc) is 3.12. The highest BCUT2D eigenvalue weighted by molar-refractivity contribution is 5.96. The van der Waals surface area contributed by atoms with Gasteiger partial charge in [0.05, 0.1) is 18.2 Å². The van der Waals surface area contributed by atoms with E-state index in [4.69, 9.17) is 14.4 Å². The Morgan fingerprint density at radius 1 is 1.17 bits per heavy atom. The standard InChI is InChI=1S/C19H14N2O3/c1-2-23-19(22)17-18(24-12-21-17)16-6-4-3-5-15(16)14-9-7-13(11-20)8-10-14/h3-10,12H,2H2,1H3. The Morgan fingerprint density at radius 2 is 1.88 bits per heavy atom. The van der Waals surface area contributed by atoms with E-state index >= 15 is 0 Å². The van der Waals surface area contributed by atoms with Crippen LogP contribution in [0.15, 0.2) is 59.3 Å². The van der Waals surface area contributed by atoms with Crippen molar-refractivity contribution >= 4 is 5.97 Å². The number of esters is 1. The number of aromatic nitrogens is 1. The van der Waals surface area contributed by atoms with Gasteiger partial charge in [-0.25, -0.2) is 9.78 Å². The summed E-state index contributed by atoms with van der Waals surface area (Å²) in [7, 11) is 0. The quantitative estimate of drug-likeness (QED) is 0.678. The van der Waals surface area contributed by atoms with Crippen molar-refractivity contribution in [3.8, 4) is 28.5 Å². The van der Waals surface area contributed by atoms with E-state index in [1.54, 1.807) is 19.1 Å². The molecule has 0 saturated carbocycles. The lowest BCUT2D eigenvalue weighted by atomic mass is 9.96. The number of benzene rings is 2. The highest BCUT2D eigenvalue weighted by Gasteiger charge is 2.21. The van der Waals surface area contributed by atoms with E-state index in [2.05, 4.69) is 11.1 Å². The lowest BCUT2D eigenvalue weighted by Crippen LogP contribution is -2.06. The number of ether oxygens (including phenoxy) is 1. The summed E-state index contributed by atoms with van der Waals surface area (Å²) >= 11 is 0. The molecule has 1 heterocycles. The number of hydrogen-bond donors (Lipinski definition) is 0. The molecule has 5 heteroatoms. The van der Waals surface area contributed by atoms with E-state index in [-0.39, 0.29) is 12.3 Å². The second kappa shape index (κ2) is 6.80. The van der Waals surface area contributed by atoms with Gasteiger partial charge in [-0.1, -0.05) is 36.4 Å². The van der Waals surface area contributed by atoms with Gasteiger partial charge < -0.3 is 9.15 Å². The van der Waals surface area contributed by atoms with Crippen LogP contribution in [0.5, 0.6) is 0 Å². The summed E-state index contributed by atoms with van der Waals surface area (Å²) in [6.07, 6.45) is 1.23. The zero-order chi connectivity index (χ0) is 16.9. The average molecular weight is 318 g/mol. The first kappa shape index (κ1) is 15.5. The van der Waals surface area contributed by atoms with Gasteiger partial charge in [-0.2, -0.15) is 5.26 Å². The molecule has 0 unspecified atom stereocenters. The van der Waals surface area contributed by atoms with Crippen LogP contribution in [0.1, 0.15) is 23.0 Å². The molecule has 0 atom stereocenters. The molecular formula is C19H14N2O3. The van der Waals surface area contributed by atoms with Crippen LogP contribution >= 0.6 is 0 Å². The zero-order valence-electron chi connectivity index (χ0n) is 13.0. The predicted octanol–water partition coefficient (Wildman–Crippen LogP) is 4.06. The van der Waals surface area contributed by atoms with Gasteiger partial charge in [0.25, 0.3) is 0 Å². The molecule has 0 aliphatic carbocycles. The van der Waals surface area contributed by atoms with Crippen molar-refractivity contribution in [1.29, 1.82) is 5.26 Å². The number of carbonyl (C=O) groups is 1. The first-order chi connectivity index (χ1) is 11.7. The number of nitrogens with zero attached hydrogens (tertiary/aromatic N) is 2. The summed E-state index contributed by atoms with van der Waals surface area (Å²) in [5.74, 6) is -0.149. The molecule has 0 saturated heterocycles. The molecule has 5 nitrogen and oxygen atoms in total. The van der Waals surface area contributed by atoms with Gasteiger partial charge >= 0.3 is 5.97 Å². The smallest absolute Gasteiger partial charge is 0.360 e. The van der Waals surface area contributed by atoms with E-state index in [0.29, 0.717) is 11.3 Å². The Bertz CT molecular complexity index is 905. The number of nitriles is 1. The molecule has 0 fully saturated rings. The topological polar surface area (TPSA) is 76.1 Å². The maximum Gasteiger partial charge on any atom is 0.360 e. The summed E-state index contributed by atoms with van der Waals surface area (Å²) in [6, 6.07) is 16.9. The first-order valence-corrected chi connectivity index (χ1v) is 7.45. The van der Waals surface area contributed by atoms with Crippen LogP contribution in [0, 0.1) is 11.3 Å². The lowest BCUT2D eigenvalue weighted by Gasteiger charge is -2.09. The highest BCUT2D eigenvalue weighted by atomic mass is 16.5. The van der Waals surface area contributed by atoms with E-state index in [1.807, 2.05) is 36.4 Å². The maximum atomic E-state index is 12.1. The van der Waals surface area contributed by atoms with Crippen LogP contribution in [0.3, 0.4) is 0 Å². The van der Waals surface area contributed by atoms with Gasteiger partial charge in [0, 0.05) is 5.56 Å². The molecule has 118 valence electrons. The van der Waals surface area contributed by atoms with Gasteiger partial charge in [0.1, 0.15) is 0 Å². The Hall–Kier alpha value is -3.39. The Kier molecular flexibility index (Phi) is 4.39. The molecule has 0 spiro atoms. The number of hydrogen-bond acceptors (Lipinski definition) is 5. The molecule has 0 amide bonds. The third-order valence-corrected chi connectivity index (χ3v) is 3.53. The molecular weight excluding hydrogens is 304 g/mol. The van der Waals surface area contributed by atoms with E-state index < -0.39 is 5.97 Å². The fourth-order valence-corrected chi connectivity index (χ4v) is 2.44. The summed E-state index contributed by atoms with van der Waals surface area (Å²) in [4.78, 5) is 16.0. The molecule has 0 bridgehead atoms. The third-order valence-electron chi connectivity index (χ3n) is 3.53. The number of rotatable bonds is 4. The molecule has 0 aliphatic heterocycles. The third kappa shape index (κ3) is 2.90. The van der Waals surface area contributed by atoms with Crippen LogP contribution in [-0.2, 0) is 4.74 Å². The van der Waals surface area contributed by atoms with Gasteiger partial charge in [0.15, 0.2) is 17.8 Å². The molecule has 0 radical (unpaired) electrons. The first-order valence-electron chi connectivity index (χ1n) is 7.45. The van der Waals surface area contributed by atoms with Crippen LogP contribution in [-0.4, -0.2) is 17.6 Å². The normalized spacial score (nSPS) is 10.2. The summed E-state index contributed by atoms with van der Waals surface area (Å²) < 4.78 is 10.5. The van der Waals surface area contributed by atoms with Crippen LogP contribution in [0.4, 0.5) is 0 Å². The Labute approximate surface area is 139 Å². The lowest BCUT2D eigenvalue weighted by molar-refractivity contribution is 0.0520. The Morgan fingerprint density at radius 3 is 2.54 bits per heavy atom. The van der Waals surface area contributed by atoms with Crippen LogP contribution in [0.2, 0.25) is 0 Å². The molecule has 0 aliphatic rings. The minimum absolute atomic E-state index is 0.151. The highest BCUT2D eigenvalue weighted by Crippen LogP contribution is 2.34. The minimum atomic E-state index is -0.518. The zero-order valence-corrected chi connectivity index (χ0v) is 13.0. The molecule has 0 N–H and O–H groups in total. The summed E-state index contributed by atoms with van der Waals surface area (Å²) in [5.41, 5.74) is 3.27. The van der Waals surface area contributed by atoms with Crippen molar-refractivity contribution < 1.29 is 13.9 Å². The fraction of sp³-hybridized carbons (Fsp3) is 0.105. The molecule has 2 aromatic carbocycles.